The highest BCUT2D eigenvalue weighted by Gasteiger charge is 2.23. The van der Waals surface area contributed by atoms with Gasteiger partial charge in [0.05, 0.1) is 18.0 Å². The standard InChI is InChI=1S/C29H39N5O4/c1-7-38-23-15-13-22(14-16-23)30-28(36)33(17-10-18-37-6)20-27(35)31-26-19-25(29(3,4)5)32-34(26)24-12-9-8-11-21(24)2/h8-9,11-16,19H,7,10,17-18,20H2,1-6H3,(H,30,36)(H,31,35). The van der Waals surface area contributed by atoms with Gasteiger partial charge in [-0.15, -0.1) is 0 Å². The van der Waals surface area contributed by atoms with Crippen LogP contribution in [0.4, 0.5) is 16.3 Å². The SMILES string of the molecule is CCOc1ccc(NC(=O)N(CCCOC)CC(=O)Nc2cc(C(C)(C)C)nn2-c2ccccc2C)cc1. The molecule has 9 nitrogen and oxygen atoms in total. The van der Waals surface area contributed by atoms with Crippen molar-refractivity contribution >= 4 is 23.4 Å². The summed E-state index contributed by atoms with van der Waals surface area (Å²) in [5.41, 5.74) is 3.16. The van der Waals surface area contributed by atoms with Crippen molar-refractivity contribution in [1.82, 2.24) is 14.7 Å². The van der Waals surface area contributed by atoms with Crippen LogP contribution in [-0.2, 0) is 14.9 Å². The molecule has 0 spiro atoms. The summed E-state index contributed by atoms with van der Waals surface area (Å²) in [4.78, 5) is 27.8. The van der Waals surface area contributed by atoms with Crippen LogP contribution in [0.5, 0.6) is 5.75 Å². The number of nitrogens with one attached hydrogen (secondary N) is 2. The van der Waals surface area contributed by atoms with E-state index in [1.165, 1.54) is 4.90 Å². The lowest BCUT2D eigenvalue weighted by atomic mass is 9.92. The highest BCUT2D eigenvalue weighted by Crippen LogP contribution is 2.27. The van der Waals surface area contributed by atoms with E-state index in [4.69, 9.17) is 14.6 Å². The second kappa shape index (κ2) is 13.1. The Kier molecular flexibility index (Phi) is 9.90. The van der Waals surface area contributed by atoms with Gasteiger partial charge in [0.2, 0.25) is 5.91 Å². The molecule has 9 heteroatoms. The molecular formula is C29H39N5O4. The maximum Gasteiger partial charge on any atom is 0.322 e. The molecule has 0 atom stereocenters. The van der Waals surface area contributed by atoms with Crippen molar-refractivity contribution in [2.45, 2.75) is 46.5 Å². The molecule has 38 heavy (non-hydrogen) atoms. The number of aromatic nitrogens is 2. The van der Waals surface area contributed by atoms with Gasteiger partial charge >= 0.3 is 6.03 Å². The predicted molar refractivity (Wildman–Crippen MR) is 150 cm³/mol. The molecule has 2 aromatic carbocycles. The Morgan fingerprint density at radius 2 is 1.76 bits per heavy atom. The molecule has 0 aliphatic rings. The van der Waals surface area contributed by atoms with Gasteiger partial charge in [-0.25, -0.2) is 9.48 Å². The molecule has 3 amide bonds. The maximum absolute atomic E-state index is 13.2. The Morgan fingerprint density at radius 3 is 2.39 bits per heavy atom. The molecule has 0 aliphatic carbocycles. The summed E-state index contributed by atoms with van der Waals surface area (Å²) in [6.45, 7) is 11.4. The zero-order valence-electron chi connectivity index (χ0n) is 23.2. The van der Waals surface area contributed by atoms with E-state index >= 15 is 0 Å². The average molecular weight is 522 g/mol. The smallest absolute Gasteiger partial charge is 0.322 e. The summed E-state index contributed by atoms with van der Waals surface area (Å²) in [6.07, 6.45) is 0.593. The fourth-order valence-electron chi connectivity index (χ4n) is 3.83. The monoisotopic (exact) mass is 521 g/mol. The lowest BCUT2D eigenvalue weighted by Crippen LogP contribution is -2.41. The number of amides is 3. The lowest BCUT2D eigenvalue weighted by Gasteiger charge is -2.23. The Labute approximate surface area is 225 Å². The second-order valence-electron chi connectivity index (χ2n) is 10.1. The molecule has 0 radical (unpaired) electrons. The van der Waals surface area contributed by atoms with Gasteiger partial charge in [-0.05, 0) is 56.2 Å². The lowest BCUT2D eigenvalue weighted by molar-refractivity contribution is -0.116. The third-order valence-electron chi connectivity index (χ3n) is 5.90. The fraction of sp³-hybridized carbons (Fsp3) is 0.414. The third-order valence-corrected chi connectivity index (χ3v) is 5.90. The van der Waals surface area contributed by atoms with E-state index < -0.39 is 0 Å². The summed E-state index contributed by atoms with van der Waals surface area (Å²) in [7, 11) is 1.61. The number of nitrogens with zero attached hydrogens (tertiary/aromatic N) is 3. The second-order valence-corrected chi connectivity index (χ2v) is 10.1. The molecule has 204 valence electrons. The van der Waals surface area contributed by atoms with Crippen molar-refractivity contribution in [3.8, 4) is 11.4 Å². The van der Waals surface area contributed by atoms with Gasteiger partial charge in [0, 0.05) is 37.4 Å². The van der Waals surface area contributed by atoms with Crippen LogP contribution in [0, 0.1) is 6.92 Å². The van der Waals surface area contributed by atoms with Crippen LogP contribution in [0.2, 0.25) is 0 Å². The number of methoxy groups -OCH3 is 1. The van der Waals surface area contributed by atoms with Crippen LogP contribution in [0.25, 0.3) is 5.69 Å². The van der Waals surface area contributed by atoms with Gasteiger partial charge in [0.15, 0.2) is 0 Å². The molecule has 0 saturated heterocycles. The first-order chi connectivity index (χ1) is 18.1. The van der Waals surface area contributed by atoms with Gasteiger partial charge in [-0.3, -0.25) is 4.79 Å². The molecular weight excluding hydrogens is 482 g/mol. The number of anilines is 2. The summed E-state index contributed by atoms with van der Waals surface area (Å²) in [6, 6.07) is 16.5. The van der Waals surface area contributed by atoms with Crippen LogP contribution in [0.15, 0.2) is 54.6 Å². The molecule has 0 fully saturated rings. The summed E-state index contributed by atoms with van der Waals surface area (Å²) in [5.74, 6) is 0.958. The third kappa shape index (κ3) is 7.82. The molecule has 0 aliphatic heterocycles. The highest BCUT2D eigenvalue weighted by molar-refractivity contribution is 5.96. The number of urea groups is 1. The molecule has 2 N–H and O–H groups in total. The molecule has 1 aromatic heterocycles. The van der Waals surface area contributed by atoms with Crippen molar-refractivity contribution in [2.24, 2.45) is 0 Å². The number of carbonyl (C=O) groups excluding carboxylic acids is 2. The highest BCUT2D eigenvalue weighted by atomic mass is 16.5. The molecule has 3 aromatic rings. The first-order valence-corrected chi connectivity index (χ1v) is 12.9. The minimum absolute atomic E-state index is 0.129. The number of ether oxygens (including phenoxy) is 2. The number of rotatable bonds is 11. The van der Waals surface area contributed by atoms with Crippen molar-refractivity contribution in [3.05, 3.63) is 65.9 Å². The Bertz CT molecular complexity index is 1210. The van der Waals surface area contributed by atoms with Crippen LogP contribution in [-0.4, -0.2) is 60.0 Å². The number of benzene rings is 2. The van der Waals surface area contributed by atoms with E-state index in [2.05, 4.69) is 31.4 Å². The zero-order valence-corrected chi connectivity index (χ0v) is 23.2. The first-order valence-electron chi connectivity index (χ1n) is 12.9. The number of hydrogen-bond donors (Lipinski definition) is 2. The van der Waals surface area contributed by atoms with Crippen molar-refractivity contribution in [2.75, 3.05) is 44.0 Å². The van der Waals surface area contributed by atoms with E-state index in [1.807, 2.05) is 44.2 Å². The Balaban J connectivity index is 1.78. The van der Waals surface area contributed by atoms with Crippen LogP contribution in [0.1, 0.15) is 45.4 Å². The minimum atomic E-state index is -0.372. The summed E-state index contributed by atoms with van der Waals surface area (Å²) >= 11 is 0. The zero-order chi connectivity index (χ0) is 27.7. The van der Waals surface area contributed by atoms with E-state index in [1.54, 1.807) is 36.1 Å². The van der Waals surface area contributed by atoms with Crippen LogP contribution >= 0.6 is 0 Å². The number of carbonyl (C=O) groups is 2. The minimum Gasteiger partial charge on any atom is -0.494 e. The Hall–Kier alpha value is -3.85. The van der Waals surface area contributed by atoms with Gasteiger partial charge in [-0.1, -0.05) is 39.0 Å². The van der Waals surface area contributed by atoms with Gasteiger partial charge in [-0.2, -0.15) is 5.10 Å². The fourth-order valence-corrected chi connectivity index (χ4v) is 3.83. The first kappa shape index (κ1) is 28.7. The van der Waals surface area contributed by atoms with Crippen molar-refractivity contribution in [3.63, 3.8) is 0 Å². The van der Waals surface area contributed by atoms with Gasteiger partial charge < -0.3 is 25.0 Å². The predicted octanol–water partition coefficient (Wildman–Crippen LogP) is 5.39. The van der Waals surface area contributed by atoms with E-state index in [-0.39, 0.29) is 23.9 Å². The molecule has 1 heterocycles. The van der Waals surface area contributed by atoms with Gasteiger partial charge in [0.25, 0.3) is 0 Å². The quantitative estimate of drug-likeness (QED) is 0.330. The largest absolute Gasteiger partial charge is 0.494 e. The van der Waals surface area contributed by atoms with E-state index in [0.29, 0.717) is 37.7 Å². The molecule has 0 bridgehead atoms. The topological polar surface area (TPSA) is 97.7 Å². The number of para-hydroxylation sites is 1. The summed E-state index contributed by atoms with van der Waals surface area (Å²) < 4.78 is 12.4. The number of aryl methyl sites for hydroxylation is 1. The summed E-state index contributed by atoms with van der Waals surface area (Å²) in [5, 5.41) is 10.7. The average Bonchev–Trinajstić information content (AvgIpc) is 3.29. The molecule has 0 saturated carbocycles. The van der Waals surface area contributed by atoms with E-state index in [0.717, 1.165) is 22.7 Å². The van der Waals surface area contributed by atoms with Crippen LogP contribution in [0.3, 0.4) is 0 Å². The van der Waals surface area contributed by atoms with Crippen LogP contribution < -0.4 is 15.4 Å². The normalized spacial score (nSPS) is 11.2. The number of hydrogen-bond acceptors (Lipinski definition) is 5. The van der Waals surface area contributed by atoms with Gasteiger partial charge in [0.1, 0.15) is 18.1 Å². The van der Waals surface area contributed by atoms with E-state index in [9.17, 15) is 9.59 Å². The maximum atomic E-state index is 13.2. The van der Waals surface area contributed by atoms with Crippen molar-refractivity contribution < 1.29 is 19.1 Å². The van der Waals surface area contributed by atoms with Crippen molar-refractivity contribution in [1.29, 1.82) is 0 Å². The molecule has 3 rings (SSSR count). The molecule has 0 unspecified atom stereocenters. The Morgan fingerprint density at radius 1 is 1.05 bits per heavy atom.